The van der Waals surface area contributed by atoms with Gasteiger partial charge in [0.25, 0.3) is 4.84 Å². The van der Waals surface area contributed by atoms with Crippen LogP contribution in [0.3, 0.4) is 0 Å². The van der Waals surface area contributed by atoms with Crippen LogP contribution in [-0.2, 0) is 6.54 Å². The van der Waals surface area contributed by atoms with E-state index in [0.717, 1.165) is 11.1 Å². The van der Waals surface area contributed by atoms with Crippen LogP contribution >= 0.6 is 12.2 Å². The molecule has 5 heteroatoms. The minimum Gasteiger partial charge on any atom is -0.410 e. The number of aromatic amines is 1. The van der Waals surface area contributed by atoms with Gasteiger partial charge < -0.3 is 15.1 Å². The lowest BCUT2D eigenvalue weighted by molar-refractivity contribution is 0.572. The molecule has 12 heavy (non-hydrogen) atoms. The van der Waals surface area contributed by atoms with Crippen LogP contribution in [0.2, 0.25) is 0 Å². The summed E-state index contributed by atoms with van der Waals surface area (Å²) in [7, 11) is 0. The Bertz CT molecular complexity index is 459. The third-order valence-corrected chi connectivity index (χ3v) is 1.75. The van der Waals surface area contributed by atoms with Gasteiger partial charge in [0.05, 0.1) is 0 Å². The Balaban J connectivity index is 2.74. The number of nitrogens with two attached hydrogens (primary N) is 1. The van der Waals surface area contributed by atoms with Crippen molar-refractivity contribution in [3.63, 3.8) is 0 Å². The number of oxazole rings is 1. The number of pyridine rings is 1. The van der Waals surface area contributed by atoms with Gasteiger partial charge in [0.15, 0.2) is 0 Å². The van der Waals surface area contributed by atoms with Crippen molar-refractivity contribution in [2.24, 2.45) is 5.73 Å². The highest BCUT2D eigenvalue weighted by atomic mass is 32.1. The fourth-order valence-electron chi connectivity index (χ4n) is 1.00. The van der Waals surface area contributed by atoms with Gasteiger partial charge in [-0.1, -0.05) is 0 Å². The summed E-state index contributed by atoms with van der Waals surface area (Å²) in [6, 6.07) is 1.88. The van der Waals surface area contributed by atoms with Gasteiger partial charge in [-0.2, -0.15) is 0 Å². The quantitative estimate of drug-likeness (QED) is 0.651. The average Bonchev–Trinajstić information content (AvgIpc) is 2.43. The second kappa shape index (κ2) is 2.69. The van der Waals surface area contributed by atoms with Crippen molar-refractivity contribution in [2.75, 3.05) is 0 Å². The number of fused-ring (bicyclic) bond motifs is 1. The smallest absolute Gasteiger partial charge is 0.268 e. The molecule has 2 heterocycles. The molecule has 0 aliphatic carbocycles. The second-order valence-corrected chi connectivity index (χ2v) is 2.79. The second-order valence-electron chi connectivity index (χ2n) is 2.41. The summed E-state index contributed by atoms with van der Waals surface area (Å²) in [4.78, 5) is 7.23. The van der Waals surface area contributed by atoms with Gasteiger partial charge in [-0.3, -0.25) is 0 Å². The third-order valence-electron chi connectivity index (χ3n) is 1.57. The first kappa shape index (κ1) is 7.45. The first-order chi connectivity index (χ1) is 5.79. The fourth-order valence-corrected chi connectivity index (χ4v) is 1.19. The summed E-state index contributed by atoms with van der Waals surface area (Å²) in [5, 5.41) is 0. The average molecular weight is 181 g/mol. The number of rotatable bonds is 1. The van der Waals surface area contributed by atoms with Gasteiger partial charge in [0.2, 0.25) is 5.71 Å². The van der Waals surface area contributed by atoms with Gasteiger partial charge in [-0.15, -0.1) is 0 Å². The summed E-state index contributed by atoms with van der Waals surface area (Å²) in [6.07, 6.45) is 1.68. The van der Waals surface area contributed by atoms with E-state index in [1.54, 1.807) is 6.20 Å². The molecule has 2 aromatic rings. The molecule has 0 amide bonds. The molecule has 0 saturated heterocycles. The van der Waals surface area contributed by atoms with E-state index >= 15 is 0 Å². The summed E-state index contributed by atoms with van der Waals surface area (Å²) in [5.74, 6) is 0. The molecule has 0 aliphatic rings. The fraction of sp³-hybridized carbons (Fsp3) is 0.143. The molecule has 0 fully saturated rings. The molecule has 0 aliphatic heterocycles. The molecule has 62 valence electrons. The third kappa shape index (κ3) is 1.13. The number of nitrogens with zero attached hydrogens (tertiary/aromatic N) is 1. The predicted octanol–water partition coefficient (Wildman–Crippen LogP) is 1.34. The molecule has 0 radical (unpaired) electrons. The van der Waals surface area contributed by atoms with E-state index in [9.17, 15) is 0 Å². The normalized spacial score (nSPS) is 10.8. The zero-order valence-electron chi connectivity index (χ0n) is 6.20. The molecule has 2 aromatic heterocycles. The van der Waals surface area contributed by atoms with E-state index in [-0.39, 0.29) is 0 Å². The highest BCUT2D eigenvalue weighted by molar-refractivity contribution is 7.71. The molecule has 0 aromatic carbocycles. The highest BCUT2D eigenvalue weighted by Crippen LogP contribution is 2.11. The summed E-state index contributed by atoms with van der Waals surface area (Å²) in [5.41, 5.74) is 7.71. The molecule has 0 spiro atoms. The van der Waals surface area contributed by atoms with E-state index in [0.29, 0.717) is 17.1 Å². The predicted molar refractivity (Wildman–Crippen MR) is 47.1 cm³/mol. The van der Waals surface area contributed by atoms with Crippen LogP contribution in [0.4, 0.5) is 0 Å². The zero-order chi connectivity index (χ0) is 8.55. The SMILES string of the molecule is NCc1cnc2oc(=S)[nH]c2c1. The molecule has 2 rings (SSSR count). The Morgan fingerprint density at radius 1 is 1.67 bits per heavy atom. The Labute approximate surface area is 73.4 Å². The zero-order valence-corrected chi connectivity index (χ0v) is 7.02. The monoisotopic (exact) mass is 181 g/mol. The molecule has 3 N–H and O–H groups in total. The van der Waals surface area contributed by atoms with Crippen LogP contribution < -0.4 is 5.73 Å². The van der Waals surface area contributed by atoms with E-state index < -0.39 is 0 Å². The number of nitrogens with one attached hydrogen (secondary N) is 1. The van der Waals surface area contributed by atoms with Crippen molar-refractivity contribution >= 4 is 23.4 Å². The van der Waals surface area contributed by atoms with Crippen LogP contribution in [0, 0.1) is 4.84 Å². The number of aromatic nitrogens is 2. The van der Waals surface area contributed by atoms with Crippen LogP contribution in [0.15, 0.2) is 16.7 Å². The van der Waals surface area contributed by atoms with Gasteiger partial charge in [-0.25, -0.2) is 4.98 Å². The lowest BCUT2D eigenvalue weighted by Gasteiger charge is -1.92. The number of hydrogen-bond donors (Lipinski definition) is 2. The largest absolute Gasteiger partial charge is 0.410 e. The molecular weight excluding hydrogens is 174 g/mol. The minimum atomic E-state index is 0.340. The van der Waals surface area contributed by atoms with Crippen LogP contribution in [-0.4, -0.2) is 9.97 Å². The van der Waals surface area contributed by atoms with E-state index in [4.69, 9.17) is 22.4 Å². The van der Waals surface area contributed by atoms with Gasteiger partial charge in [0.1, 0.15) is 5.52 Å². The molecule has 0 atom stereocenters. The van der Waals surface area contributed by atoms with E-state index in [1.807, 2.05) is 6.07 Å². The van der Waals surface area contributed by atoms with Crippen LogP contribution in [0.5, 0.6) is 0 Å². The lowest BCUT2D eigenvalue weighted by Crippen LogP contribution is -1.96. The van der Waals surface area contributed by atoms with Crippen molar-refractivity contribution in [1.29, 1.82) is 0 Å². The van der Waals surface area contributed by atoms with Crippen molar-refractivity contribution in [3.05, 3.63) is 22.7 Å². The van der Waals surface area contributed by atoms with Gasteiger partial charge in [-0.05, 0) is 23.8 Å². The molecule has 0 saturated carbocycles. The minimum absolute atomic E-state index is 0.340. The van der Waals surface area contributed by atoms with Gasteiger partial charge in [0, 0.05) is 12.7 Å². The highest BCUT2D eigenvalue weighted by Gasteiger charge is 1.99. The van der Waals surface area contributed by atoms with Crippen LogP contribution in [0.1, 0.15) is 5.56 Å². The Morgan fingerprint density at radius 3 is 3.25 bits per heavy atom. The number of H-pyrrole nitrogens is 1. The maximum atomic E-state index is 5.44. The van der Waals surface area contributed by atoms with Crippen molar-refractivity contribution < 1.29 is 4.42 Å². The molecular formula is C7H7N3OS. The Hall–Kier alpha value is -1.20. The van der Waals surface area contributed by atoms with E-state index in [2.05, 4.69) is 9.97 Å². The maximum Gasteiger partial charge on any atom is 0.268 e. The van der Waals surface area contributed by atoms with Crippen molar-refractivity contribution in [3.8, 4) is 0 Å². The maximum absolute atomic E-state index is 5.44. The molecule has 0 bridgehead atoms. The Kier molecular flexibility index (Phi) is 1.67. The van der Waals surface area contributed by atoms with Gasteiger partial charge >= 0.3 is 0 Å². The topological polar surface area (TPSA) is 67.8 Å². The summed E-state index contributed by atoms with van der Waals surface area (Å²) in [6.45, 7) is 0.467. The molecule has 4 nitrogen and oxygen atoms in total. The van der Waals surface area contributed by atoms with Crippen molar-refractivity contribution in [1.82, 2.24) is 9.97 Å². The first-order valence-electron chi connectivity index (χ1n) is 3.47. The summed E-state index contributed by atoms with van der Waals surface area (Å²) < 4.78 is 5.07. The first-order valence-corrected chi connectivity index (χ1v) is 3.88. The summed E-state index contributed by atoms with van der Waals surface area (Å²) >= 11 is 4.80. The van der Waals surface area contributed by atoms with Crippen LogP contribution in [0.25, 0.3) is 11.2 Å². The lowest BCUT2D eigenvalue weighted by atomic mass is 10.3. The standard InChI is InChI=1S/C7H7N3OS/c8-2-4-1-5-6(9-3-4)11-7(12)10-5/h1,3H,2,8H2,(H,10,12). The molecule has 0 unspecified atom stereocenters. The van der Waals surface area contributed by atoms with E-state index in [1.165, 1.54) is 0 Å². The number of hydrogen-bond acceptors (Lipinski definition) is 4. The van der Waals surface area contributed by atoms with Crippen molar-refractivity contribution in [2.45, 2.75) is 6.54 Å². The Morgan fingerprint density at radius 2 is 2.50 bits per heavy atom.